The summed E-state index contributed by atoms with van der Waals surface area (Å²) >= 11 is 0. The Labute approximate surface area is 169 Å². The molecule has 6 nitrogen and oxygen atoms in total. The van der Waals surface area contributed by atoms with Crippen molar-refractivity contribution in [1.82, 2.24) is 10.2 Å². The quantitative estimate of drug-likeness (QED) is 0.520. The lowest BCUT2D eigenvalue weighted by molar-refractivity contribution is 0.174. The first-order valence-electron chi connectivity index (χ1n) is 9.53. The number of fused-ring (bicyclic) bond motifs is 3. The molecule has 3 aliphatic rings. The Bertz CT molecular complexity index is 1270. The van der Waals surface area contributed by atoms with E-state index >= 15 is 0 Å². The molecule has 1 saturated heterocycles. The van der Waals surface area contributed by atoms with Crippen molar-refractivity contribution < 1.29 is 12.6 Å². The van der Waals surface area contributed by atoms with Gasteiger partial charge in [-0.15, -0.1) is 0 Å². The van der Waals surface area contributed by atoms with Gasteiger partial charge in [-0.2, -0.15) is 13.5 Å². The maximum atomic E-state index is 12.4. The van der Waals surface area contributed by atoms with E-state index in [0.29, 0.717) is 13.1 Å². The second-order valence-corrected chi connectivity index (χ2v) is 9.20. The van der Waals surface area contributed by atoms with Crippen LogP contribution in [0.2, 0.25) is 0 Å². The van der Waals surface area contributed by atoms with Crippen LogP contribution in [0.5, 0.6) is 0 Å². The van der Waals surface area contributed by atoms with Gasteiger partial charge in [0, 0.05) is 18.7 Å². The molecule has 0 aromatic heterocycles. The first kappa shape index (κ1) is 18.1. The lowest BCUT2D eigenvalue weighted by Crippen LogP contribution is -2.53. The van der Waals surface area contributed by atoms with Gasteiger partial charge in [-0.1, -0.05) is 35.9 Å². The zero-order valence-corrected chi connectivity index (χ0v) is 17.0. The summed E-state index contributed by atoms with van der Waals surface area (Å²) in [5.41, 5.74) is 4.35. The Hall–Kier alpha value is -2.90. The molecule has 148 valence electrons. The van der Waals surface area contributed by atoms with Gasteiger partial charge in [-0.05, 0) is 54.4 Å². The fourth-order valence-electron chi connectivity index (χ4n) is 3.79. The number of aromatic amines is 1. The summed E-state index contributed by atoms with van der Waals surface area (Å²) in [5.74, 6) is 0.791. The number of nitrogens with zero attached hydrogens (tertiary/aromatic N) is 2. The Morgan fingerprint density at radius 3 is 2.55 bits per heavy atom. The predicted octanol–water partition coefficient (Wildman–Crippen LogP) is 3.88. The van der Waals surface area contributed by atoms with E-state index in [0.717, 1.165) is 22.6 Å². The molecule has 0 bridgehead atoms. The average molecular weight is 407 g/mol. The number of H-pyrrole nitrogens is 1. The predicted molar refractivity (Wildman–Crippen MR) is 113 cm³/mol. The summed E-state index contributed by atoms with van der Waals surface area (Å²) in [7, 11) is -3.76. The third-order valence-electron chi connectivity index (χ3n) is 5.50. The van der Waals surface area contributed by atoms with E-state index in [9.17, 15) is 8.42 Å². The van der Waals surface area contributed by atoms with Gasteiger partial charge in [0.2, 0.25) is 0 Å². The Balaban J connectivity index is 1.34. The molecular weight excluding hydrogens is 386 g/mol. The summed E-state index contributed by atoms with van der Waals surface area (Å²) in [5, 5.41) is 9.98. The van der Waals surface area contributed by atoms with Crippen LogP contribution < -0.4 is 4.90 Å². The van der Waals surface area contributed by atoms with Gasteiger partial charge in [-0.3, -0.25) is 9.28 Å². The number of hydrogen-bond donors (Lipinski definition) is 1. The summed E-state index contributed by atoms with van der Waals surface area (Å²) < 4.78 is 30.3. The molecule has 0 radical (unpaired) electrons. The van der Waals surface area contributed by atoms with Crippen molar-refractivity contribution in [2.75, 3.05) is 18.0 Å². The minimum absolute atomic E-state index is 0.188. The summed E-state index contributed by atoms with van der Waals surface area (Å²) in [4.78, 5) is 2.20. The molecule has 1 aliphatic carbocycles. The van der Waals surface area contributed by atoms with Gasteiger partial charge in [-0.25, -0.2) is 0 Å². The second-order valence-electron chi connectivity index (χ2n) is 7.62. The van der Waals surface area contributed by atoms with E-state index in [1.807, 2.05) is 11.8 Å². The van der Waals surface area contributed by atoms with Crippen LogP contribution in [0.1, 0.15) is 11.1 Å². The molecule has 1 N–H and O–H groups in total. The average Bonchev–Trinajstić information content (AvgIpc) is 3.04. The number of aromatic nitrogens is 2. The number of rotatable bonds is 4. The molecule has 1 fully saturated rings. The van der Waals surface area contributed by atoms with E-state index in [1.165, 1.54) is 16.3 Å². The topological polar surface area (TPSA) is 75.3 Å². The van der Waals surface area contributed by atoms with Gasteiger partial charge in [0.1, 0.15) is 11.9 Å². The van der Waals surface area contributed by atoms with E-state index in [1.54, 1.807) is 24.3 Å². The fourth-order valence-corrected chi connectivity index (χ4v) is 4.85. The van der Waals surface area contributed by atoms with Crippen LogP contribution in [0.15, 0.2) is 59.5 Å². The van der Waals surface area contributed by atoms with Crippen molar-refractivity contribution in [3.8, 4) is 11.3 Å². The Kier molecular flexibility index (Phi) is 4.11. The zero-order chi connectivity index (χ0) is 20.2. The monoisotopic (exact) mass is 407 g/mol. The molecule has 2 aliphatic heterocycles. The number of nitrogens with one attached hydrogen (secondary N) is 1. The number of hydrogen-bond acceptors (Lipinski definition) is 5. The van der Waals surface area contributed by atoms with Crippen LogP contribution in [-0.4, -0.2) is 37.8 Å². The first-order chi connectivity index (χ1) is 13.9. The molecule has 7 heteroatoms. The van der Waals surface area contributed by atoms with Crippen molar-refractivity contribution in [3.05, 3.63) is 65.7 Å². The molecule has 29 heavy (non-hydrogen) atoms. The van der Waals surface area contributed by atoms with Gasteiger partial charge in [0.05, 0.1) is 10.6 Å². The molecule has 0 spiro atoms. The molecule has 2 heterocycles. The zero-order valence-electron chi connectivity index (χ0n) is 16.2. The molecule has 0 atom stereocenters. The summed E-state index contributed by atoms with van der Waals surface area (Å²) in [6, 6.07) is 17.1. The lowest BCUT2D eigenvalue weighted by Gasteiger charge is -2.39. The largest absolute Gasteiger partial charge is 0.350 e. The van der Waals surface area contributed by atoms with Crippen LogP contribution in [0.25, 0.3) is 22.0 Å². The molecular formula is C22H21N3O3S. The van der Waals surface area contributed by atoms with Crippen LogP contribution in [-0.2, 0) is 14.3 Å². The Morgan fingerprint density at radius 2 is 1.79 bits per heavy atom. The molecule has 0 unspecified atom stereocenters. The highest BCUT2D eigenvalue weighted by atomic mass is 32.2. The Morgan fingerprint density at radius 1 is 1.03 bits per heavy atom. The van der Waals surface area contributed by atoms with Gasteiger partial charge < -0.3 is 4.90 Å². The highest BCUT2D eigenvalue weighted by molar-refractivity contribution is 7.86. The normalized spacial score (nSPS) is 15.2. The smallest absolute Gasteiger partial charge is 0.297 e. The maximum absolute atomic E-state index is 12.4. The van der Waals surface area contributed by atoms with Crippen molar-refractivity contribution in [2.45, 2.75) is 24.8 Å². The minimum atomic E-state index is -3.76. The molecule has 0 amide bonds. The highest BCUT2D eigenvalue weighted by Crippen LogP contribution is 2.36. The van der Waals surface area contributed by atoms with E-state index in [4.69, 9.17) is 4.18 Å². The summed E-state index contributed by atoms with van der Waals surface area (Å²) in [6.45, 7) is 4.98. The van der Waals surface area contributed by atoms with E-state index < -0.39 is 10.1 Å². The number of aryl methyl sites for hydroxylation is 2. The van der Waals surface area contributed by atoms with Crippen LogP contribution in [0.3, 0.4) is 0 Å². The molecule has 0 saturated carbocycles. The standard InChI is InChI=1S/C22H21N3O3S/c1-14-6-8-17(9-7-14)29(26,27)28-16-12-25(13-16)22-11-20-18-5-3-4-15(2)19(18)10-21(20)23-24-22/h3-11,16,23H,12-13H2,1-2H3. The van der Waals surface area contributed by atoms with Crippen LogP contribution >= 0.6 is 0 Å². The molecule has 2 aromatic rings. The molecule has 5 rings (SSSR count). The lowest BCUT2D eigenvalue weighted by atomic mass is 10.1. The fraction of sp³-hybridized carbons (Fsp3) is 0.227. The van der Waals surface area contributed by atoms with Crippen molar-refractivity contribution in [1.29, 1.82) is 0 Å². The van der Waals surface area contributed by atoms with E-state index in [-0.39, 0.29) is 11.0 Å². The third-order valence-corrected chi connectivity index (χ3v) is 6.88. The van der Waals surface area contributed by atoms with Crippen LogP contribution in [0.4, 0.5) is 5.82 Å². The molecule has 2 aromatic carbocycles. The van der Waals surface area contributed by atoms with Crippen molar-refractivity contribution in [2.24, 2.45) is 0 Å². The second kappa shape index (κ2) is 6.57. The number of anilines is 1. The van der Waals surface area contributed by atoms with Gasteiger partial charge in [0.25, 0.3) is 10.1 Å². The van der Waals surface area contributed by atoms with Crippen molar-refractivity contribution >= 4 is 26.7 Å². The first-order valence-corrected chi connectivity index (χ1v) is 10.9. The number of benzene rings is 2. The van der Waals surface area contributed by atoms with Crippen molar-refractivity contribution in [3.63, 3.8) is 0 Å². The summed E-state index contributed by atoms with van der Waals surface area (Å²) in [6.07, 6.45) is -0.377. The third kappa shape index (κ3) is 3.16. The minimum Gasteiger partial charge on any atom is -0.350 e. The van der Waals surface area contributed by atoms with E-state index in [2.05, 4.69) is 47.5 Å². The highest BCUT2D eigenvalue weighted by Gasteiger charge is 2.34. The maximum Gasteiger partial charge on any atom is 0.297 e. The van der Waals surface area contributed by atoms with Gasteiger partial charge in [0.15, 0.2) is 0 Å². The van der Waals surface area contributed by atoms with Gasteiger partial charge >= 0.3 is 0 Å². The SMILES string of the molecule is Cc1ccc(S(=O)(=O)OC2CN(c3cc4c5cccc(C)c5cc-4[nH]n3)C2)cc1. The van der Waals surface area contributed by atoms with Crippen LogP contribution in [0, 0.1) is 13.8 Å².